The fraction of sp³-hybridized carbons (Fsp3) is 0.625. The molecule has 2 heteroatoms. The SMILES string of the molecule is CCN1CCC(N)C1c1ccc(C(C)(C)C)cc1. The molecular formula is C16H26N2. The molecule has 1 aromatic carbocycles. The van der Waals surface area contributed by atoms with Gasteiger partial charge in [0.25, 0.3) is 0 Å². The maximum atomic E-state index is 6.26. The Labute approximate surface area is 111 Å². The molecule has 2 rings (SSSR count). The number of hydrogen-bond acceptors (Lipinski definition) is 2. The molecule has 0 aromatic heterocycles. The third kappa shape index (κ3) is 2.60. The van der Waals surface area contributed by atoms with Crippen molar-refractivity contribution in [2.75, 3.05) is 13.1 Å². The predicted octanol–water partition coefficient (Wildman–Crippen LogP) is 3.08. The molecule has 1 heterocycles. The minimum Gasteiger partial charge on any atom is -0.326 e. The fourth-order valence-electron chi connectivity index (χ4n) is 2.88. The van der Waals surface area contributed by atoms with E-state index in [0.29, 0.717) is 6.04 Å². The van der Waals surface area contributed by atoms with Crippen molar-refractivity contribution in [1.82, 2.24) is 4.90 Å². The van der Waals surface area contributed by atoms with Crippen LogP contribution < -0.4 is 5.73 Å². The van der Waals surface area contributed by atoms with Crippen molar-refractivity contribution in [2.24, 2.45) is 5.73 Å². The van der Waals surface area contributed by atoms with Crippen LogP contribution in [0, 0.1) is 0 Å². The van der Waals surface area contributed by atoms with E-state index in [1.807, 2.05) is 0 Å². The Balaban J connectivity index is 2.23. The first kappa shape index (κ1) is 13.6. The lowest BCUT2D eigenvalue weighted by Crippen LogP contribution is -2.31. The summed E-state index contributed by atoms with van der Waals surface area (Å²) in [4.78, 5) is 2.48. The molecule has 0 radical (unpaired) electrons. The van der Waals surface area contributed by atoms with Crippen molar-refractivity contribution in [3.63, 3.8) is 0 Å². The summed E-state index contributed by atoms with van der Waals surface area (Å²) in [5.74, 6) is 0. The first-order valence-electron chi connectivity index (χ1n) is 7.03. The highest BCUT2D eigenvalue weighted by atomic mass is 15.2. The average Bonchev–Trinajstić information content (AvgIpc) is 2.69. The zero-order valence-electron chi connectivity index (χ0n) is 12.1. The van der Waals surface area contributed by atoms with E-state index < -0.39 is 0 Å². The lowest BCUT2D eigenvalue weighted by Gasteiger charge is -2.27. The van der Waals surface area contributed by atoms with Crippen LogP contribution in [0.1, 0.15) is 51.3 Å². The zero-order chi connectivity index (χ0) is 13.3. The van der Waals surface area contributed by atoms with E-state index in [1.54, 1.807) is 0 Å². The van der Waals surface area contributed by atoms with Crippen molar-refractivity contribution >= 4 is 0 Å². The normalized spacial score (nSPS) is 25.6. The topological polar surface area (TPSA) is 29.3 Å². The third-order valence-electron chi connectivity index (χ3n) is 4.07. The van der Waals surface area contributed by atoms with Gasteiger partial charge in [0.1, 0.15) is 0 Å². The Morgan fingerprint density at radius 3 is 2.33 bits per heavy atom. The summed E-state index contributed by atoms with van der Waals surface area (Å²) in [6.07, 6.45) is 1.11. The van der Waals surface area contributed by atoms with Crippen LogP contribution in [0.3, 0.4) is 0 Å². The highest BCUT2D eigenvalue weighted by Gasteiger charge is 2.31. The molecule has 1 fully saturated rings. The van der Waals surface area contributed by atoms with Gasteiger partial charge in [-0.1, -0.05) is 52.0 Å². The van der Waals surface area contributed by atoms with Crippen LogP contribution >= 0.6 is 0 Å². The zero-order valence-corrected chi connectivity index (χ0v) is 12.1. The van der Waals surface area contributed by atoms with Gasteiger partial charge in [0, 0.05) is 18.6 Å². The smallest absolute Gasteiger partial charge is 0.0499 e. The third-order valence-corrected chi connectivity index (χ3v) is 4.07. The standard InChI is InChI=1S/C16H26N2/c1-5-18-11-10-14(17)15(18)12-6-8-13(9-7-12)16(2,3)4/h6-9,14-15H,5,10-11,17H2,1-4H3. The molecule has 0 saturated carbocycles. The lowest BCUT2D eigenvalue weighted by molar-refractivity contribution is 0.261. The van der Waals surface area contributed by atoms with Crippen LogP contribution in [-0.4, -0.2) is 24.0 Å². The molecule has 0 bridgehead atoms. The summed E-state index contributed by atoms with van der Waals surface area (Å²) >= 11 is 0. The van der Waals surface area contributed by atoms with Crippen LogP contribution in [0.5, 0.6) is 0 Å². The van der Waals surface area contributed by atoms with Gasteiger partial charge < -0.3 is 5.73 Å². The molecule has 0 amide bonds. The molecule has 1 aromatic rings. The van der Waals surface area contributed by atoms with Crippen LogP contribution in [0.4, 0.5) is 0 Å². The second-order valence-corrected chi connectivity index (χ2v) is 6.40. The number of hydrogen-bond donors (Lipinski definition) is 1. The lowest BCUT2D eigenvalue weighted by atomic mass is 9.86. The van der Waals surface area contributed by atoms with Crippen molar-refractivity contribution in [1.29, 1.82) is 0 Å². The number of rotatable bonds is 2. The van der Waals surface area contributed by atoms with Crippen LogP contribution in [0.15, 0.2) is 24.3 Å². The minimum absolute atomic E-state index is 0.223. The highest BCUT2D eigenvalue weighted by Crippen LogP contribution is 2.32. The van der Waals surface area contributed by atoms with Crippen LogP contribution in [-0.2, 0) is 5.41 Å². The Morgan fingerprint density at radius 1 is 1.22 bits per heavy atom. The first-order valence-corrected chi connectivity index (χ1v) is 7.03. The van der Waals surface area contributed by atoms with Gasteiger partial charge in [-0.3, -0.25) is 4.90 Å². The Kier molecular flexibility index (Phi) is 3.79. The van der Waals surface area contributed by atoms with Crippen molar-refractivity contribution in [3.05, 3.63) is 35.4 Å². The fourth-order valence-corrected chi connectivity index (χ4v) is 2.88. The molecule has 100 valence electrons. The van der Waals surface area contributed by atoms with Crippen molar-refractivity contribution in [2.45, 2.75) is 51.6 Å². The molecule has 0 aliphatic carbocycles. The van der Waals surface area contributed by atoms with Crippen LogP contribution in [0.25, 0.3) is 0 Å². The maximum Gasteiger partial charge on any atom is 0.0499 e. The maximum absolute atomic E-state index is 6.26. The van der Waals surface area contributed by atoms with Crippen molar-refractivity contribution < 1.29 is 0 Å². The number of likely N-dealkylation sites (N-methyl/N-ethyl adjacent to an activating group) is 1. The summed E-state index contributed by atoms with van der Waals surface area (Å²) in [5, 5.41) is 0. The second-order valence-electron chi connectivity index (χ2n) is 6.40. The molecule has 1 aliphatic heterocycles. The van der Waals surface area contributed by atoms with Gasteiger partial charge in [-0.2, -0.15) is 0 Å². The van der Waals surface area contributed by atoms with Crippen molar-refractivity contribution in [3.8, 4) is 0 Å². The Morgan fingerprint density at radius 2 is 1.83 bits per heavy atom. The molecule has 1 saturated heterocycles. The summed E-state index contributed by atoms with van der Waals surface area (Å²) in [5.41, 5.74) is 9.24. The van der Waals surface area contributed by atoms with E-state index in [4.69, 9.17) is 5.73 Å². The molecule has 1 aliphatic rings. The Hall–Kier alpha value is -0.860. The molecule has 2 nitrogen and oxygen atoms in total. The second kappa shape index (κ2) is 5.02. The van der Waals surface area contributed by atoms with E-state index in [0.717, 1.165) is 19.5 Å². The molecular weight excluding hydrogens is 220 g/mol. The molecule has 2 atom stereocenters. The van der Waals surface area contributed by atoms with Crippen LogP contribution in [0.2, 0.25) is 0 Å². The van der Waals surface area contributed by atoms with Gasteiger partial charge in [0.05, 0.1) is 0 Å². The number of likely N-dealkylation sites (tertiary alicyclic amines) is 1. The number of nitrogens with two attached hydrogens (primary N) is 1. The van der Waals surface area contributed by atoms with Gasteiger partial charge in [-0.15, -0.1) is 0 Å². The average molecular weight is 246 g/mol. The summed E-state index contributed by atoms with van der Waals surface area (Å²) in [6, 6.07) is 9.73. The Bertz CT molecular complexity index is 389. The number of benzene rings is 1. The first-order chi connectivity index (χ1) is 8.43. The van der Waals surface area contributed by atoms with E-state index in [2.05, 4.69) is 56.9 Å². The van der Waals surface area contributed by atoms with Gasteiger partial charge in [0.2, 0.25) is 0 Å². The molecule has 0 spiro atoms. The molecule has 2 unspecified atom stereocenters. The highest BCUT2D eigenvalue weighted by molar-refractivity contribution is 5.30. The van der Waals surface area contributed by atoms with Gasteiger partial charge in [-0.05, 0) is 29.5 Å². The summed E-state index contributed by atoms with van der Waals surface area (Å²) in [6.45, 7) is 11.2. The van der Waals surface area contributed by atoms with E-state index in [1.165, 1.54) is 11.1 Å². The monoisotopic (exact) mass is 246 g/mol. The largest absolute Gasteiger partial charge is 0.326 e. The summed E-state index contributed by atoms with van der Waals surface area (Å²) < 4.78 is 0. The van der Waals surface area contributed by atoms with E-state index in [-0.39, 0.29) is 11.5 Å². The molecule has 18 heavy (non-hydrogen) atoms. The van der Waals surface area contributed by atoms with E-state index in [9.17, 15) is 0 Å². The summed E-state index contributed by atoms with van der Waals surface area (Å²) in [7, 11) is 0. The van der Waals surface area contributed by atoms with Gasteiger partial charge >= 0.3 is 0 Å². The van der Waals surface area contributed by atoms with Gasteiger partial charge in [0.15, 0.2) is 0 Å². The quantitative estimate of drug-likeness (QED) is 0.869. The van der Waals surface area contributed by atoms with Gasteiger partial charge in [-0.25, -0.2) is 0 Å². The number of nitrogens with zero attached hydrogens (tertiary/aromatic N) is 1. The minimum atomic E-state index is 0.223. The predicted molar refractivity (Wildman–Crippen MR) is 77.7 cm³/mol. The van der Waals surface area contributed by atoms with E-state index >= 15 is 0 Å². The molecule has 2 N–H and O–H groups in total.